The molecule has 39 heavy (non-hydrogen) atoms. The Bertz CT molecular complexity index is 1570. The number of benzene rings is 3. The first-order chi connectivity index (χ1) is 18.8. The monoisotopic (exact) mass is 520 g/mol. The van der Waals surface area contributed by atoms with Gasteiger partial charge in [-0.1, -0.05) is 35.9 Å². The van der Waals surface area contributed by atoms with E-state index in [1.54, 1.807) is 42.5 Å². The summed E-state index contributed by atoms with van der Waals surface area (Å²) in [5.74, 6) is -0.517. The van der Waals surface area contributed by atoms with E-state index >= 15 is 0 Å². The van der Waals surface area contributed by atoms with E-state index in [1.165, 1.54) is 5.01 Å². The van der Waals surface area contributed by atoms with Crippen molar-refractivity contribution in [2.45, 2.75) is 20.8 Å². The van der Waals surface area contributed by atoms with Gasteiger partial charge in [0, 0.05) is 22.8 Å². The zero-order valence-corrected chi connectivity index (χ0v) is 21.9. The Morgan fingerprint density at radius 2 is 1.59 bits per heavy atom. The van der Waals surface area contributed by atoms with Crippen molar-refractivity contribution in [3.8, 4) is 11.4 Å². The lowest BCUT2D eigenvalue weighted by Crippen LogP contribution is -2.35. The number of ether oxygens (including phenoxy) is 1. The SMILES string of the molecule is Cc1ccc(NC(=O)COc2ccc(-n3c(C)cc(/C=C4/C(=O)NN(c5ccccc5)C4=O)c3C)cc2)cc1. The highest BCUT2D eigenvalue weighted by molar-refractivity contribution is 6.31. The third-order valence-electron chi connectivity index (χ3n) is 6.48. The predicted octanol–water partition coefficient (Wildman–Crippen LogP) is 4.88. The maximum absolute atomic E-state index is 13.0. The summed E-state index contributed by atoms with van der Waals surface area (Å²) in [7, 11) is 0. The number of rotatable bonds is 7. The molecule has 2 heterocycles. The zero-order valence-electron chi connectivity index (χ0n) is 21.9. The van der Waals surface area contributed by atoms with Crippen LogP contribution >= 0.6 is 0 Å². The average Bonchev–Trinajstić information content (AvgIpc) is 3.38. The van der Waals surface area contributed by atoms with Crippen LogP contribution < -0.4 is 20.5 Å². The summed E-state index contributed by atoms with van der Waals surface area (Å²) in [4.78, 5) is 37.8. The lowest BCUT2D eigenvalue weighted by molar-refractivity contribution is -0.118. The van der Waals surface area contributed by atoms with E-state index < -0.39 is 11.8 Å². The molecule has 8 nitrogen and oxygen atoms in total. The fraction of sp³-hybridized carbons (Fsp3) is 0.129. The molecule has 2 N–H and O–H groups in total. The zero-order chi connectivity index (χ0) is 27.5. The van der Waals surface area contributed by atoms with Crippen molar-refractivity contribution in [2.24, 2.45) is 0 Å². The number of hydrogen-bond acceptors (Lipinski definition) is 4. The Kier molecular flexibility index (Phi) is 7.01. The van der Waals surface area contributed by atoms with E-state index in [-0.39, 0.29) is 18.1 Å². The number of hydrogen-bond donors (Lipinski definition) is 2. The normalized spacial score (nSPS) is 14.0. The van der Waals surface area contributed by atoms with Crippen molar-refractivity contribution >= 4 is 35.2 Å². The number of carbonyl (C=O) groups excluding carboxylic acids is 3. The van der Waals surface area contributed by atoms with Gasteiger partial charge in [-0.2, -0.15) is 0 Å². The molecule has 1 fully saturated rings. The second kappa shape index (κ2) is 10.7. The van der Waals surface area contributed by atoms with Crippen LogP contribution in [-0.4, -0.2) is 28.9 Å². The van der Waals surface area contributed by atoms with E-state index in [0.29, 0.717) is 11.4 Å². The average molecular weight is 521 g/mol. The highest BCUT2D eigenvalue weighted by Crippen LogP contribution is 2.27. The van der Waals surface area contributed by atoms with E-state index in [4.69, 9.17) is 4.74 Å². The van der Waals surface area contributed by atoms with Gasteiger partial charge in [0.2, 0.25) is 0 Å². The van der Waals surface area contributed by atoms with Gasteiger partial charge in [0.05, 0.1) is 5.69 Å². The van der Waals surface area contributed by atoms with E-state index in [1.807, 2.05) is 73.9 Å². The molecule has 1 aliphatic rings. The van der Waals surface area contributed by atoms with E-state index in [0.717, 1.165) is 33.9 Å². The number of hydrazine groups is 1. The summed E-state index contributed by atoms with van der Waals surface area (Å²) in [6.45, 7) is 5.78. The van der Waals surface area contributed by atoms with Crippen LogP contribution in [0.15, 0.2) is 90.5 Å². The van der Waals surface area contributed by atoms with Gasteiger partial charge in [-0.3, -0.25) is 19.8 Å². The molecule has 4 aromatic rings. The van der Waals surface area contributed by atoms with Crippen LogP contribution in [0.2, 0.25) is 0 Å². The number of para-hydroxylation sites is 1. The number of carbonyl (C=O) groups is 3. The van der Waals surface area contributed by atoms with Crippen molar-refractivity contribution in [2.75, 3.05) is 16.9 Å². The number of aryl methyl sites for hydroxylation is 2. The molecule has 0 saturated carbocycles. The Morgan fingerprint density at radius 3 is 2.28 bits per heavy atom. The predicted molar refractivity (Wildman–Crippen MR) is 151 cm³/mol. The summed E-state index contributed by atoms with van der Waals surface area (Å²) >= 11 is 0. The summed E-state index contributed by atoms with van der Waals surface area (Å²) in [5.41, 5.74) is 8.63. The van der Waals surface area contributed by atoms with Gasteiger partial charge in [0.25, 0.3) is 17.7 Å². The fourth-order valence-electron chi connectivity index (χ4n) is 4.48. The lowest BCUT2D eigenvalue weighted by Gasteiger charge is -2.13. The van der Waals surface area contributed by atoms with Gasteiger partial charge in [0.1, 0.15) is 11.3 Å². The van der Waals surface area contributed by atoms with E-state index in [2.05, 4.69) is 10.7 Å². The quantitative estimate of drug-likeness (QED) is 0.268. The Labute approximate surface area is 226 Å². The van der Waals surface area contributed by atoms with Crippen molar-refractivity contribution in [3.63, 3.8) is 0 Å². The molecule has 8 heteroatoms. The maximum atomic E-state index is 13.0. The van der Waals surface area contributed by atoms with Crippen LogP contribution in [0.3, 0.4) is 0 Å². The summed E-state index contributed by atoms with van der Waals surface area (Å²) in [5, 5.41) is 4.07. The molecule has 3 amide bonds. The molecule has 3 aromatic carbocycles. The summed E-state index contributed by atoms with van der Waals surface area (Å²) < 4.78 is 7.70. The van der Waals surface area contributed by atoms with E-state index in [9.17, 15) is 14.4 Å². The molecular formula is C31H28N4O4. The number of aromatic nitrogens is 1. The molecule has 0 radical (unpaired) electrons. The minimum atomic E-state index is -0.443. The van der Waals surface area contributed by atoms with Gasteiger partial charge in [-0.15, -0.1) is 0 Å². The fourth-order valence-corrected chi connectivity index (χ4v) is 4.48. The lowest BCUT2D eigenvalue weighted by atomic mass is 10.1. The minimum Gasteiger partial charge on any atom is -0.484 e. The van der Waals surface area contributed by atoms with Gasteiger partial charge in [0.15, 0.2) is 6.61 Å². The van der Waals surface area contributed by atoms with Crippen LogP contribution in [0, 0.1) is 20.8 Å². The highest BCUT2D eigenvalue weighted by Gasteiger charge is 2.34. The van der Waals surface area contributed by atoms with Gasteiger partial charge >= 0.3 is 0 Å². The number of nitrogens with zero attached hydrogens (tertiary/aromatic N) is 2. The second-order valence-electron chi connectivity index (χ2n) is 9.33. The number of nitrogens with one attached hydrogen (secondary N) is 2. The van der Waals surface area contributed by atoms with Crippen LogP contribution in [0.1, 0.15) is 22.5 Å². The van der Waals surface area contributed by atoms with Crippen molar-refractivity contribution < 1.29 is 19.1 Å². The third kappa shape index (κ3) is 5.45. The van der Waals surface area contributed by atoms with Crippen LogP contribution in [0.4, 0.5) is 11.4 Å². The second-order valence-corrected chi connectivity index (χ2v) is 9.33. The smallest absolute Gasteiger partial charge is 0.282 e. The van der Waals surface area contributed by atoms with Crippen molar-refractivity contribution in [1.82, 2.24) is 9.99 Å². The summed E-state index contributed by atoms with van der Waals surface area (Å²) in [6.07, 6.45) is 1.63. The molecule has 0 bridgehead atoms. The van der Waals surface area contributed by atoms with Crippen molar-refractivity contribution in [1.29, 1.82) is 0 Å². The van der Waals surface area contributed by atoms with Gasteiger partial charge in [-0.05, 0) is 87.0 Å². The maximum Gasteiger partial charge on any atom is 0.282 e. The molecule has 0 aliphatic carbocycles. The topological polar surface area (TPSA) is 92.7 Å². The molecule has 196 valence electrons. The van der Waals surface area contributed by atoms with Crippen LogP contribution in [0.25, 0.3) is 11.8 Å². The first-order valence-corrected chi connectivity index (χ1v) is 12.5. The molecule has 1 aromatic heterocycles. The largest absolute Gasteiger partial charge is 0.484 e. The molecule has 0 spiro atoms. The Morgan fingerprint density at radius 1 is 0.897 bits per heavy atom. The standard InChI is InChI=1S/C31H28N4O4/c1-20-9-11-24(12-10-20)32-29(36)19-39-27-15-13-25(14-16-27)34-21(2)17-23(22(34)3)18-28-30(37)33-35(31(28)38)26-7-5-4-6-8-26/h4-18H,19H2,1-3H3,(H,32,36)(H,33,37)/b28-18-. The molecular weight excluding hydrogens is 492 g/mol. The Hall–Kier alpha value is -5.11. The van der Waals surface area contributed by atoms with Crippen molar-refractivity contribution in [3.05, 3.63) is 113 Å². The van der Waals surface area contributed by atoms with Crippen LogP contribution in [-0.2, 0) is 14.4 Å². The number of amides is 3. The molecule has 1 saturated heterocycles. The Balaban J connectivity index is 1.28. The minimum absolute atomic E-state index is 0.0757. The first kappa shape index (κ1) is 25.5. The molecule has 5 rings (SSSR count). The molecule has 0 unspecified atom stereocenters. The third-order valence-corrected chi connectivity index (χ3v) is 6.48. The van der Waals surface area contributed by atoms with Gasteiger partial charge < -0.3 is 14.6 Å². The number of anilines is 2. The van der Waals surface area contributed by atoms with Gasteiger partial charge in [-0.25, -0.2) is 5.01 Å². The highest BCUT2D eigenvalue weighted by atomic mass is 16.5. The molecule has 1 aliphatic heterocycles. The first-order valence-electron chi connectivity index (χ1n) is 12.5. The molecule has 0 atom stereocenters. The summed E-state index contributed by atoms with van der Waals surface area (Å²) in [6, 6.07) is 25.9. The van der Waals surface area contributed by atoms with Crippen LogP contribution in [0.5, 0.6) is 5.75 Å².